The highest BCUT2D eigenvalue weighted by atomic mass is 16.5. The summed E-state index contributed by atoms with van der Waals surface area (Å²) in [5, 5.41) is 0. The number of rotatable bonds is 7. The fourth-order valence-corrected chi connectivity index (χ4v) is 3.06. The van der Waals surface area contributed by atoms with Crippen molar-refractivity contribution in [3.63, 3.8) is 0 Å². The highest BCUT2D eigenvalue weighted by Crippen LogP contribution is 2.19. The summed E-state index contributed by atoms with van der Waals surface area (Å²) in [6.45, 7) is 7.94. The zero-order valence-corrected chi connectivity index (χ0v) is 14.6. The third-order valence-corrected chi connectivity index (χ3v) is 4.59. The van der Waals surface area contributed by atoms with Gasteiger partial charge in [0.2, 0.25) is 5.91 Å². The van der Waals surface area contributed by atoms with Gasteiger partial charge in [0.1, 0.15) is 0 Å². The van der Waals surface area contributed by atoms with Crippen LogP contribution in [0.1, 0.15) is 29.5 Å². The van der Waals surface area contributed by atoms with E-state index in [9.17, 15) is 4.79 Å². The lowest BCUT2D eigenvalue weighted by Crippen LogP contribution is -2.40. The van der Waals surface area contributed by atoms with Crippen LogP contribution in [-0.4, -0.2) is 50.8 Å². The highest BCUT2D eigenvalue weighted by molar-refractivity contribution is 5.79. The van der Waals surface area contributed by atoms with E-state index >= 15 is 0 Å². The van der Waals surface area contributed by atoms with E-state index in [-0.39, 0.29) is 5.91 Å². The molecule has 1 amide bonds. The van der Waals surface area contributed by atoms with Gasteiger partial charge in [-0.1, -0.05) is 23.8 Å². The SMILES string of the molecule is COCCOCC1CCN(C(=O)Cc2ccc(C)cc2C)CC1. The van der Waals surface area contributed by atoms with Gasteiger partial charge >= 0.3 is 0 Å². The summed E-state index contributed by atoms with van der Waals surface area (Å²) in [7, 11) is 1.68. The topological polar surface area (TPSA) is 38.8 Å². The molecule has 0 radical (unpaired) electrons. The molecule has 1 saturated heterocycles. The molecule has 2 rings (SSSR count). The zero-order chi connectivity index (χ0) is 16.7. The molecule has 0 N–H and O–H groups in total. The maximum atomic E-state index is 12.5. The molecule has 128 valence electrons. The number of hydrogen-bond acceptors (Lipinski definition) is 3. The zero-order valence-electron chi connectivity index (χ0n) is 14.6. The summed E-state index contributed by atoms with van der Waals surface area (Å²) in [4.78, 5) is 14.5. The number of benzene rings is 1. The van der Waals surface area contributed by atoms with Crippen molar-refractivity contribution in [3.05, 3.63) is 34.9 Å². The van der Waals surface area contributed by atoms with Gasteiger partial charge in [-0.05, 0) is 43.7 Å². The second kappa shape index (κ2) is 9.04. The van der Waals surface area contributed by atoms with E-state index in [2.05, 4.69) is 32.0 Å². The predicted molar refractivity (Wildman–Crippen MR) is 91.6 cm³/mol. The Morgan fingerprint density at radius 1 is 1.22 bits per heavy atom. The Bertz CT molecular complexity index is 507. The molecule has 1 aromatic rings. The number of ether oxygens (including phenoxy) is 2. The van der Waals surface area contributed by atoms with Gasteiger partial charge in [-0.2, -0.15) is 0 Å². The number of piperidine rings is 1. The maximum absolute atomic E-state index is 12.5. The van der Waals surface area contributed by atoms with Crippen molar-refractivity contribution >= 4 is 5.91 Å². The molecule has 0 saturated carbocycles. The standard InChI is InChI=1S/C19H29NO3/c1-15-4-5-18(16(2)12-15)13-19(21)20-8-6-17(7-9-20)14-23-11-10-22-3/h4-5,12,17H,6-11,13-14H2,1-3H3. The number of aryl methyl sites for hydroxylation is 2. The van der Waals surface area contributed by atoms with Crippen LogP contribution in [0.3, 0.4) is 0 Å². The minimum Gasteiger partial charge on any atom is -0.382 e. The van der Waals surface area contributed by atoms with Crippen molar-refractivity contribution in [1.82, 2.24) is 4.90 Å². The minimum atomic E-state index is 0.246. The molecule has 4 nitrogen and oxygen atoms in total. The Morgan fingerprint density at radius 3 is 2.61 bits per heavy atom. The van der Waals surface area contributed by atoms with E-state index in [4.69, 9.17) is 9.47 Å². The largest absolute Gasteiger partial charge is 0.382 e. The first-order valence-corrected chi connectivity index (χ1v) is 8.50. The van der Waals surface area contributed by atoms with Crippen LogP contribution in [0.15, 0.2) is 18.2 Å². The second-order valence-electron chi connectivity index (χ2n) is 6.50. The third kappa shape index (κ3) is 5.63. The van der Waals surface area contributed by atoms with Crippen molar-refractivity contribution < 1.29 is 14.3 Å². The lowest BCUT2D eigenvalue weighted by Gasteiger charge is -2.32. The fraction of sp³-hybridized carbons (Fsp3) is 0.632. The van der Waals surface area contributed by atoms with Gasteiger partial charge in [-0.3, -0.25) is 4.79 Å². The number of carbonyl (C=O) groups is 1. The van der Waals surface area contributed by atoms with Crippen molar-refractivity contribution in [2.24, 2.45) is 5.92 Å². The number of carbonyl (C=O) groups excluding carboxylic acids is 1. The van der Waals surface area contributed by atoms with Crippen LogP contribution >= 0.6 is 0 Å². The van der Waals surface area contributed by atoms with E-state index in [0.29, 0.717) is 25.6 Å². The number of likely N-dealkylation sites (tertiary alicyclic amines) is 1. The summed E-state index contributed by atoms with van der Waals surface area (Å²) < 4.78 is 10.6. The Labute approximate surface area is 139 Å². The van der Waals surface area contributed by atoms with Crippen molar-refractivity contribution in [3.8, 4) is 0 Å². The molecule has 0 aromatic heterocycles. The van der Waals surface area contributed by atoms with Crippen LogP contribution in [0.5, 0.6) is 0 Å². The van der Waals surface area contributed by atoms with E-state index in [1.807, 2.05) is 4.90 Å². The summed E-state index contributed by atoms with van der Waals surface area (Å²) in [6.07, 6.45) is 2.58. The highest BCUT2D eigenvalue weighted by Gasteiger charge is 2.23. The molecule has 1 fully saturated rings. The molecular weight excluding hydrogens is 290 g/mol. The van der Waals surface area contributed by atoms with Crippen LogP contribution < -0.4 is 0 Å². The first kappa shape index (κ1) is 18.0. The van der Waals surface area contributed by atoms with Gasteiger partial charge in [0.25, 0.3) is 0 Å². The van der Waals surface area contributed by atoms with Gasteiger partial charge in [-0.15, -0.1) is 0 Å². The molecule has 0 atom stereocenters. The predicted octanol–water partition coefficient (Wildman–Crippen LogP) is 2.75. The smallest absolute Gasteiger partial charge is 0.226 e. The van der Waals surface area contributed by atoms with E-state index in [1.165, 1.54) is 11.1 Å². The molecule has 4 heteroatoms. The monoisotopic (exact) mass is 319 g/mol. The lowest BCUT2D eigenvalue weighted by molar-refractivity contribution is -0.132. The molecule has 1 heterocycles. The van der Waals surface area contributed by atoms with Gasteiger partial charge in [0.15, 0.2) is 0 Å². The van der Waals surface area contributed by atoms with Crippen molar-refractivity contribution in [2.75, 3.05) is 40.0 Å². The van der Waals surface area contributed by atoms with E-state index in [0.717, 1.165) is 38.1 Å². The van der Waals surface area contributed by atoms with Crippen LogP contribution in [0.2, 0.25) is 0 Å². The van der Waals surface area contributed by atoms with Crippen LogP contribution in [0.4, 0.5) is 0 Å². The molecule has 1 aliphatic heterocycles. The van der Waals surface area contributed by atoms with Gasteiger partial charge in [-0.25, -0.2) is 0 Å². The second-order valence-corrected chi connectivity index (χ2v) is 6.50. The molecule has 0 bridgehead atoms. The molecule has 0 spiro atoms. The Morgan fingerprint density at radius 2 is 1.96 bits per heavy atom. The molecule has 23 heavy (non-hydrogen) atoms. The fourth-order valence-electron chi connectivity index (χ4n) is 3.06. The first-order chi connectivity index (χ1) is 11.1. The number of nitrogens with zero attached hydrogens (tertiary/aromatic N) is 1. The summed E-state index contributed by atoms with van der Waals surface area (Å²) in [5.74, 6) is 0.813. The third-order valence-electron chi connectivity index (χ3n) is 4.59. The first-order valence-electron chi connectivity index (χ1n) is 8.50. The number of methoxy groups -OCH3 is 1. The average molecular weight is 319 g/mol. The Hall–Kier alpha value is -1.39. The van der Waals surface area contributed by atoms with Gasteiger partial charge in [0.05, 0.1) is 19.6 Å². The summed E-state index contributed by atoms with van der Waals surface area (Å²) in [5.41, 5.74) is 3.60. The summed E-state index contributed by atoms with van der Waals surface area (Å²) in [6, 6.07) is 6.31. The number of hydrogen-bond donors (Lipinski definition) is 0. The Balaban J connectivity index is 1.75. The van der Waals surface area contributed by atoms with Crippen LogP contribution in [0.25, 0.3) is 0 Å². The van der Waals surface area contributed by atoms with Gasteiger partial charge < -0.3 is 14.4 Å². The molecule has 0 unspecified atom stereocenters. The van der Waals surface area contributed by atoms with Crippen molar-refractivity contribution in [1.29, 1.82) is 0 Å². The van der Waals surface area contributed by atoms with Crippen molar-refractivity contribution in [2.45, 2.75) is 33.1 Å². The normalized spacial score (nSPS) is 15.9. The quantitative estimate of drug-likeness (QED) is 0.725. The van der Waals surface area contributed by atoms with Crippen LogP contribution in [-0.2, 0) is 20.7 Å². The minimum absolute atomic E-state index is 0.246. The van der Waals surface area contributed by atoms with E-state index < -0.39 is 0 Å². The molecule has 1 aliphatic rings. The average Bonchev–Trinajstić information content (AvgIpc) is 2.55. The number of amides is 1. The molecular formula is C19H29NO3. The van der Waals surface area contributed by atoms with E-state index in [1.54, 1.807) is 7.11 Å². The van der Waals surface area contributed by atoms with Gasteiger partial charge in [0, 0.05) is 26.8 Å². The summed E-state index contributed by atoms with van der Waals surface area (Å²) >= 11 is 0. The van der Waals surface area contributed by atoms with Crippen LogP contribution in [0, 0.1) is 19.8 Å². The Kier molecular flexibility index (Phi) is 7.06. The molecule has 1 aromatic carbocycles. The maximum Gasteiger partial charge on any atom is 0.226 e. The molecule has 0 aliphatic carbocycles. The lowest BCUT2D eigenvalue weighted by atomic mass is 9.96.